The second kappa shape index (κ2) is 4.47. The van der Waals surface area contributed by atoms with Crippen LogP contribution in [0.1, 0.15) is 40.2 Å². The molecule has 0 radical (unpaired) electrons. The molecule has 0 fully saturated rings. The highest BCUT2D eigenvalue weighted by atomic mass is 16.3. The van der Waals surface area contributed by atoms with Gasteiger partial charge in [-0.15, -0.1) is 0 Å². The van der Waals surface area contributed by atoms with Crippen LogP contribution in [0.25, 0.3) is 11.1 Å². The van der Waals surface area contributed by atoms with E-state index in [4.69, 9.17) is 4.42 Å². The first kappa shape index (κ1) is 11.8. The van der Waals surface area contributed by atoms with Crippen LogP contribution in [-0.2, 0) is 5.41 Å². The van der Waals surface area contributed by atoms with Gasteiger partial charge in [-0.2, -0.15) is 0 Å². The molecule has 0 amide bonds. The van der Waals surface area contributed by atoms with Crippen LogP contribution >= 0.6 is 0 Å². The molecule has 0 bridgehead atoms. The van der Waals surface area contributed by atoms with Crippen LogP contribution in [0.2, 0.25) is 0 Å². The zero-order chi connectivity index (χ0) is 11.5. The number of fused-ring (bicyclic) bond motifs is 1. The summed E-state index contributed by atoms with van der Waals surface area (Å²) in [5.74, 6) is 0. The molecule has 2 nitrogen and oxygen atoms in total. The summed E-state index contributed by atoms with van der Waals surface area (Å²) in [5.41, 5.74) is 3.13. The molecule has 2 rings (SSSR count). The lowest BCUT2D eigenvalue weighted by Gasteiger charge is -2.17. The van der Waals surface area contributed by atoms with Gasteiger partial charge >= 0.3 is 0 Å². The molecule has 82 valence electrons. The van der Waals surface area contributed by atoms with E-state index in [2.05, 4.69) is 31.8 Å². The van der Waals surface area contributed by atoms with Gasteiger partial charge in [-0.3, -0.25) is 4.98 Å². The van der Waals surface area contributed by atoms with E-state index in [0.717, 1.165) is 11.1 Å². The van der Waals surface area contributed by atoms with E-state index in [1.165, 1.54) is 5.56 Å². The number of nitrogens with zero attached hydrogens (tertiary/aromatic N) is 1. The van der Waals surface area contributed by atoms with Gasteiger partial charge in [-0.05, 0) is 17.0 Å². The average molecular weight is 205 g/mol. The Labute approximate surface area is 91.3 Å². The highest BCUT2D eigenvalue weighted by Gasteiger charge is 2.14. The minimum Gasteiger partial charge on any atom is -0.463 e. The van der Waals surface area contributed by atoms with Gasteiger partial charge in [0.25, 0.3) is 0 Å². The molecule has 0 unspecified atom stereocenters. The fraction of sp³-hybridized carbons (Fsp3) is 0.462. The van der Waals surface area contributed by atoms with Crippen molar-refractivity contribution in [1.29, 1.82) is 0 Å². The Morgan fingerprint density at radius 1 is 1.20 bits per heavy atom. The quantitative estimate of drug-likeness (QED) is 0.645. The molecule has 0 spiro atoms. The summed E-state index contributed by atoms with van der Waals surface area (Å²) < 4.78 is 5.29. The number of hydrogen-bond acceptors (Lipinski definition) is 2. The summed E-state index contributed by atoms with van der Waals surface area (Å²) in [6.45, 7) is 10.5. The van der Waals surface area contributed by atoms with Crippen LogP contribution < -0.4 is 0 Å². The normalized spacial score (nSPS) is 11.0. The summed E-state index contributed by atoms with van der Waals surface area (Å²) >= 11 is 0. The van der Waals surface area contributed by atoms with Crippen molar-refractivity contribution in [1.82, 2.24) is 4.98 Å². The number of hydrogen-bond donors (Lipinski definition) is 0. The number of aromatic nitrogens is 1. The Morgan fingerprint density at radius 2 is 1.87 bits per heavy atom. The Bertz CT molecular complexity index is 423. The van der Waals surface area contributed by atoms with Gasteiger partial charge in [0.05, 0.1) is 6.26 Å². The van der Waals surface area contributed by atoms with Crippen molar-refractivity contribution < 1.29 is 4.42 Å². The lowest BCUT2D eigenvalue weighted by atomic mass is 9.88. The predicted octanol–water partition coefficient (Wildman–Crippen LogP) is 4.15. The van der Waals surface area contributed by atoms with Crippen molar-refractivity contribution in [3.05, 3.63) is 30.2 Å². The molecule has 0 atom stereocenters. The molecule has 2 aromatic rings. The van der Waals surface area contributed by atoms with E-state index in [-0.39, 0.29) is 5.41 Å². The largest absolute Gasteiger partial charge is 0.463 e. The zero-order valence-electron chi connectivity index (χ0n) is 10.2. The summed E-state index contributed by atoms with van der Waals surface area (Å²) in [5, 5.41) is 0. The second-order valence-corrected chi connectivity index (χ2v) is 4.28. The molecule has 0 saturated carbocycles. The van der Waals surface area contributed by atoms with E-state index in [0.29, 0.717) is 0 Å². The summed E-state index contributed by atoms with van der Waals surface area (Å²) in [4.78, 5) is 4.31. The Morgan fingerprint density at radius 3 is 2.47 bits per heavy atom. The Balaban J connectivity index is 0.000000531. The lowest BCUT2D eigenvalue weighted by Crippen LogP contribution is -2.10. The first-order valence-electron chi connectivity index (χ1n) is 5.41. The van der Waals surface area contributed by atoms with Crippen LogP contribution in [0.3, 0.4) is 0 Å². The SMILES string of the molecule is CC.CC(C)(C)c1cnc2ccoc2c1. The van der Waals surface area contributed by atoms with Gasteiger partial charge in [0.1, 0.15) is 5.52 Å². The molecule has 0 aliphatic rings. The molecular formula is C13H19NO. The number of furan rings is 1. The minimum atomic E-state index is 0.133. The van der Waals surface area contributed by atoms with Crippen LogP contribution in [0.5, 0.6) is 0 Å². The van der Waals surface area contributed by atoms with E-state index >= 15 is 0 Å². The molecule has 0 saturated heterocycles. The summed E-state index contributed by atoms with van der Waals surface area (Å²) in [6, 6.07) is 3.93. The zero-order valence-corrected chi connectivity index (χ0v) is 10.2. The predicted molar refractivity (Wildman–Crippen MR) is 64.1 cm³/mol. The van der Waals surface area contributed by atoms with Crippen molar-refractivity contribution in [3.8, 4) is 0 Å². The maximum absolute atomic E-state index is 5.29. The molecule has 2 aromatic heterocycles. The van der Waals surface area contributed by atoms with Gasteiger partial charge in [0, 0.05) is 12.3 Å². The first-order chi connectivity index (χ1) is 7.07. The topological polar surface area (TPSA) is 26.0 Å². The Hall–Kier alpha value is -1.31. The van der Waals surface area contributed by atoms with Crippen molar-refractivity contribution in [3.63, 3.8) is 0 Å². The van der Waals surface area contributed by atoms with E-state index in [1.54, 1.807) is 6.26 Å². The molecule has 0 aromatic carbocycles. The smallest absolute Gasteiger partial charge is 0.152 e. The molecule has 15 heavy (non-hydrogen) atoms. The van der Waals surface area contributed by atoms with E-state index in [1.807, 2.05) is 26.1 Å². The fourth-order valence-electron chi connectivity index (χ4n) is 1.26. The van der Waals surface area contributed by atoms with Crippen molar-refractivity contribution in [2.45, 2.75) is 40.0 Å². The molecule has 0 aliphatic carbocycles. The van der Waals surface area contributed by atoms with Crippen LogP contribution in [-0.4, -0.2) is 4.98 Å². The van der Waals surface area contributed by atoms with Crippen molar-refractivity contribution in [2.24, 2.45) is 0 Å². The summed E-state index contributed by atoms with van der Waals surface area (Å²) in [6.07, 6.45) is 3.59. The van der Waals surface area contributed by atoms with Gasteiger partial charge in [0.15, 0.2) is 5.58 Å². The van der Waals surface area contributed by atoms with Gasteiger partial charge in [-0.25, -0.2) is 0 Å². The lowest BCUT2D eigenvalue weighted by molar-refractivity contribution is 0.580. The van der Waals surface area contributed by atoms with E-state index in [9.17, 15) is 0 Å². The third-order valence-corrected chi connectivity index (χ3v) is 2.17. The van der Waals surface area contributed by atoms with Gasteiger partial charge < -0.3 is 4.42 Å². The highest BCUT2D eigenvalue weighted by Crippen LogP contribution is 2.24. The molecule has 2 heteroatoms. The van der Waals surface area contributed by atoms with Crippen LogP contribution in [0.15, 0.2) is 29.0 Å². The maximum atomic E-state index is 5.29. The van der Waals surface area contributed by atoms with Crippen molar-refractivity contribution >= 4 is 11.1 Å². The first-order valence-corrected chi connectivity index (χ1v) is 5.41. The van der Waals surface area contributed by atoms with Gasteiger partial charge in [0.2, 0.25) is 0 Å². The standard InChI is InChI=1S/C11H13NO.C2H6/c1-11(2,3)8-6-10-9(12-7-8)4-5-13-10;1-2/h4-7H,1-3H3;1-2H3. The number of pyridine rings is 1. The summed E-state index contributed by atoms with van der Waals surface area (Å²) in [7, 11) is 0. The fourth-order valence-corrected chi connectivity index (χ4v) is 1.26. The Kier molecular flexibility index (Phi) is 3.51. The molecule has 0 aliphatic heterocycles. The highest BCUT2D eigenvalue weighted by molar-refractivity contribution is 5.72. The molecule has 2 heterocycles. The van der Waals surface area contributed by atoms with Crippen LogP contribution in [0.4, 0.5) is 0 Å². The molecule has 0 N–H and O–H groups in total. The third kappa shape index (κ3) is 2.58. The molecular weight excluding hydrogens is 186 g/mol. The van der Waals surface area contributed by atoms with Gasteiger partial charge in [-0.1, -0.05) is 34.6 Å². The maximum Gasteiger partial charge on any atom is 0.152 e. The van der Waals surface area contributed by atoms with Crippen LogP contribution in [0, 0.1) is 0 Å². The van der Waals surface area contributed by atoms with Crippen molar-refractivity contribution in [2.75, 3.05) is 0 Å². The monoisotopic (exact) mass is 205 g/mol. The second-order valence-electron chi connectivity index (χ2n) is 4.28. The average Bonchev–Trinajstić information content (AvgIpc) is 2.66. The minimum absolute atomic E-state index is 0.133. The number of rotatable bonds is 0. The van der Waals surface area contributed by atoms with E-state index < -0.39 is 0 Å². The third-order valence-electron chi connectivity index (χ3n) is 2.17.